The normalized spacial score (nSPS) is 14.9. The van der Waals surface area contributed by atoms with Gasteiger partial charge in [0.2, 0.25) is 0 Å². The Morgan fingerprint density at radius 3 is 2.44 bits per heavy atom. The van der Waals surface area contributed by atoms with Crippen molar-refractivity contribution in [2.45, 2.75) is 52.4 Å². The Balaban J connectivity index is 2.31. The van der Waals surface area contributed by atoms with Gasteiger partial charge < -0.3 is 19.3 Å². The predicted molar refractivity (Wildman–Crippen MR) is 105 cm³/mol. The maximum absolute atomic E-state index is 10.6. The highest BCUT2D eigenvalue weighted by atomic mass is 16.6. The van der Waals surface area contributed by atoms with Gasteiger partial charge in [0.05, 0.1) is 18.5 Å². The van der Waals surface area contributed by atoms with Crippen molar-refractivity contribution in [2.75, 3.05) is 26.4 Å². The van der Waals surface area contributed by atoms with E-state index >= 15 is 0 Å². The van der Waals surface area contributed by atoms with Gasteiger partial charge in [0, 0.05) is 31.6 Å². The predicted octanol–water partition coefficient (Wildman–Crippen LogP) is 3.31. The molecule has 0 bridgehead atoms. The van der Waals surface area contributed by atoms with E-state index in [1.807, 2.05) is 43.8 Å². The van der Waals surface area contributed by atoms with Gasteiger partial charge in [-0.1, -0.05) is 25.1 Å². The minimum Gasteiger partial charge on any atom is -0.388 e. The van der Waals surface area contributed by atoms with Gasteiger partial charge in [-0.2, -0.15) is 5.10 Å². The molecule has 1 heterocycles. The number of aliphatic hydroxyl groups is 1. The Bertz CT molecular complexity index is 674. The van der Waals surface area contributed by atoms with Crippen LogP contribution in [0, 0.1) is 0 Å². The van der Waals surface area contributed by atoms with Crippen molar-refractivity contribution in [3.63, 3.8) is 0 Å². The first-order chi connectivity index (χ1) is 13.2. The molecule has 150 valence electrons. The van der Waals surface area contributed by atoms with Crippen molar-refractivity contribution in [1.29, 1.82) is 0 Å². The first kappa shape index (κ1) is 21.6. The van der Waals surface area contributed by atoms with Crippen molar-refractivity contribution in [3.8, 4) is 5.69 Å². The van der Waals surface area contributed by atoms with Crippen LogP contribution in [-0.4, -0.2) is 53.5 Å². The van der Waals surface area contributed by atoms with Crippen LogP contribution in [-0.2, 0) is 20.6 Å². The lowest BCUT2D eigenvalue weighted by molar-refractivity contribution is -0.135. The molecular weight excluding hydrogens is 344 g/mol. The van der Waals surface area contributed by atoms with Gasteiger partial charge in [-0.15, -0.1) is 0 Å². The van der Waals surface area contributed by atoms with Crippen molar-refractivity contribution < 1.29 is 19.3 Å². The van der Waals surface area contributed by atoms with Crippen molar-refractivity contribution in [1.82, 2.24) is 9.78 Å². The zero-order valence-electron chi connectivity index (χ0n) is 16.8. The van der Waals surface area contributed by atoms with Gasteiger partial charge in [0.1, 0.15) is 18.3 Å². The second-order valence-corrected chi connectivity index (χ2v) is 6.22. The lowest BCUT2D eigenvalue weighted by Crippen LogP contribution is -2.39. The number of ether oxygens (including phenoxy) is 3. The van der Waals surface area contributed by atoms with Gasteiger partial charge in [-0.25, -0.2) is 4.68 Å². The average molecular weight is 376 g/mol. The minimum atomic E-state index is -0.785. The fourth-order valence-electron chi connectivity index (χ4n) is 3.14. The quantitative estimate of drug-likeness (QED) is 0.616. The number of hydrogen-bond donors (Lipinski definition) is 1. The third-order valence-electron chi connectivity index (χ3n) is 4.43. The van der Waals surface area contributed by atoms with Crippen LogP contribution in [0.3, 0.4) is 0 Å². The third-order valence-corrected chi connectivity index (χ3v) is 4.43. The molecule has 1 N–H and O–H groups in total. The van der Waals surface area contributed by atoms with E-state index in [0.717, 1.165) is 17.7 Å². The molecule has 1 aromatic heterocycles. The lowest BCUT2D eigenvalue weighted by atomic mass is 10.0. The minimum absolute atomic E-state index is 0.206. The number of nitrogens with zero attached hydrogens (tertiary/aromatic N) is 2. The van der Waals surface area contributed by atoms with Gasteiger partial charge in [-0.05, 0) is 38.8 Å². The van der Waals surface area contributed by atoms with Crippen LogP contribution in [0.15, 0.2) is 36.7 Å². The van der Waals surface area contributed by atoms with E-state index in [9.17, 15) is 5.11 Å². The molecule has 0 aliphatic heterocycles. The van der Waals surface area contributed by atoms with Crippen LogP contribution in [0.5, 0.6) is 0 Å². The van der Waals surface area contributed by atoms with E-state index in [-0.39, 0.29) is 6.61 Å². The zero-order chi connectivity index (χ0) is 19.6. The molecule has 0 saturated heterocycles. The summed E-state index contributed by atoms with van der Waals surface area (Å²) in [4.78, 5) is 0. The van der Waals surface area contributed by atoms with E-state index in [0.29, 0.717) is 19.8 Å². The molecule has 0 aliphatic rings. The Labute approximate surface area is 162 Å². The van der Waals surface area contributed by atoms with Crippen LogP contribution >= 0.6 is 0 Å². The molecule has 0 amide bonds. The van der Waals surface area contributed by atoms with E-state index in [2.05, 4.69) is 24.2 Å². The number of aromatic nitrogens is 2. The summed E-state index contributed by atoms with van der Waals surface area (Å²) in [6.07, 6.45) is 2.93. The summed E-state index contributed by atoms with van der Waals surface area (Å²) in [6.45, 7) is 9.60. The van der Waals surface area contributed by atoms with Crippen LogP contribution in [0.1, 0.15) is 44.9 Å². The van der Waals surface area contributed by atoms with Gasteiger partial charge in [0.25, 0.3) is 0 Å². The molecule has 2 rings (SSSR count). The smallest absolute Gasteiger partial charge is 0.116 e. The largest absolute Gasteiger partial charge is 0.388 e. The Morgan fingerprint density at radius 2 is 1.78 bits per heavy atom. The molecule has 27 heavy (non-hydrogen) atoms. The fourth-order valence-corrected chi connectivity index (χ4v) is 3.14. The number of para-hydroxylation sites is 1. The lowest BCUT2D eigenvalue weighted by Gasteiger charge is -2.30. The van der Waals surface area contributed by atoms with Gasteiger partial charge in [-0.3, -0.25) is 0 Å². The first-order valence-corrected chi connectivity index (χ1v) is 9.77. The highest BCUT2D eigenvalue weighted by Gasteiger charge is 2.32. The van der Waals surface area contributed by atoms with Crippen molar-refractivity contribution in [2.24, 2.45) is 0 Å². The molecule has 0 aliphatic carbocycles. The van der Waals surface area contributed by atoms with Crippen LogP contribution in [0.2, 0.25) is 0 Å². The van der Waals surface area contributed by atoms with Crippen LogP contribution in [0.4, 0.5) is 0 Å². The second-order valence-electron chi connectivity index (χ2n) is 6.22. The standard InChI is InChI=1S/C21H32N2O4/c1-5-16-11-9-10-12-18(16)23-14-17(13-22-23)20(26-7-3)21(27-8-4)19(24)15-25-6-2/h9-14,19-21,24H,5-8,15H2,1-4H3/t19-,20-,21-/m1/s1. The van der Waals surface area contributed by atoms with Crippen molar-refractivity contribution in [3.05, 3.63) is 47.8 Å². The highest BCUT2D eigenvalue weighted by molar-refractivity contribution is 5.40. The fraction of sp³-hybridized carbons (Fsp3) is 0.571. The maximum atomic E-state index is 10.6. The van der Waals surface area contributed by atoms with E-state index in [1.54, 1.807) is 6.20 Å². The first-order valence-electron chi connectivity index (χ1n) is 9.77. The SMILES string of the molecule is CCOC[C@@H](O)[C@@H](OCC)[C@H](OCC)c1cnn(-c2ccccc2CC)c1. The molecule has 3 atom stereocenters. The number of aliphatic hydroxyl groups excluding tert-OH is 1. The summed E-state index contributed by atoms with van der Waals surface area (Å²) in [7, 11) is 0. The molecular formula is C21H32N2O4. The summed E-state index contributed by atoms with van der Waals surface area (Å²) in [5, 5.41) is 15.1. The molecule has 0 radical (unpaired) electrons. The molecule has 0 unspecified atom stereocenters. The van der Waals surface area contributed by atoms with Crippen LogP contribution < -0.4 is 0 Å². The molecule has 2 aromatic rings. The van der Waals surface area contributed by atoms with E-state index in [1.165, 1.54) is 5.56 Å². The van der Waals surface area contributed by atoms with Gasteiger partial charge >= 0.3 is 0 Å². The number of hydrogen-bond acceptors (Lipinski definition) is 5. The second kappa shape index (κ2) is 11.2. The Hall–Kier alpha value is -1.73. The number of aryl methyl sites for hydroxylation is 1. The zero-order valence-corrected chi connectivity index (χ0v) is 16.8. The number of rotatable bonds is 12. The Kier molecular flexibility index (Phi) is 8.94. The third kappa shape index (κ3) is 5.62. The average Bonchev–Trinajstić information content (AvgIpc) is 3.18. The molecule has 0 saturated carbocycles. The van der Waals surface area contributed by atoms with Crippen LogP contribution in [0.25, 0.3) is 5.69 Å². The summed E-state index contributed by atoms with van der Waals surface area (Å²) < 4.78 is 19.0. The Morgan fingerprint density at radius 1 is 1.04 bits per heavy atom. The summed E-state index contributed by atoms with van der Waals surface area (Å²) in [5.74, 6) is 0. The molecule has 0 spiro atoms. The monoisotopic (exact) mass is 376 g/mol. The summed E-state index contributed by atoms with van der Waals surface area (Å²) >= 11 is 0. The van der Waals surface area contributed by atoms with E-state index in [4.69, 9.17) is 14.2 Å². The summed E-state index contributed by atoms with van der Waals surface area (Å²) in [6, 6.07) is 8.19. The van der Waals surface area contributed by atoms with Gasteiger partial charge in [0.15, 0.2) is 0 Å². The summed E-state index contributed by atoms with van der Waals surface area (Å²) in [5.41, 5.74) is 3.14. The van der Waals surface area contributed by atoms with E-state index < -0.39 is 18.3 Å². The molecule has 6 nitrogen and oxygen atoms in total. The molecule has 0 fully saturated rings. The molecule has 6 heteroatoms. The maximum Gasteiger partial charge on any atom is 0.116 e. The number of benzene rings is 1. The van der Waals surface area contributed by atoms with Crippen molar-refractivity contribution >= 4 is 0 Å². The molecule has 1 aromatic carbocycles. The topological polar surface area (TPSA) is 65.7 Å². The highest BCUT2D eigenvalue weighted by Crippen LogP contribution is 2.27.